The zero-order valence-electron chi connectivity index (χ0n) is 10.9. The Morgan fingerprint density at radius 2 is 2.11 bits per heavy atom. The van der Waals surface area contributed by atoms with Gasteiger partial charge in [-0.2, -0.15) is 0 Å². The van der Waals surface area contributed by atoms with E-state index in [0.717, 1.165) is 32.5 Å². The van der Waals surface area contributed by atoms with Crippen LogP contribution in [0.1, 0.15) is 19.8 Å². The molecule has 0 radical (unpaired) electrons. The molecule has 0 aromatic heterocycles. The molecule has 4 fully saturated rings. The van der Waals surface area contributed by atoms with Crippen LogP contribution in [0.5, 0.6) is 0 Å². The van der Waals surface area contributed by atoms with Gasteiger partial charge in [0.1, 0.15) is 0 Å². The maximum atomic E-state index is 12.6. The van der Waals surface area contributed by atoms with Gasteiger partial charge in [0.25, 0.3) is 0 Å². The highest BCUT2D eigenvalue weighted by atomic mass is 16.3. The van der Waals surface area contributed by atoms with Crippen molar-refractivity contribution in [3.8, 4) is 0 Å². The summed E-state index contributed by atoms with van der Waals surface area (Å²) in [6.45, 7) is 4.92. The molecule has 6 unspecified atom stereocenters. The summed E-state index contributed by atoms with van der Waals surface area (Å²) in [5, 5.41) is 13.5. The van der Waals surface area contributed by atoms with Crippen molar-refractivity contribution in [3.63, 3.8) is 0 Å². The Morgan fingerprint density at radius 3 is 2.72 bits per heavy atom. The van der Waals surface area contributed by atoms with E-state index >= 15 is 0 Å². The van der Waals surface area contributed by atoms with Crippen molar-refractivity contribution in [2.45, 2.75) is 31.9 Å². The summed E-state index contributed by atoms with van der Waals surface area (Å²) in [5.41, 5.74) is 0. The summed E-state index contributed by atoms with van der Waals surface area (Å²) < 4.78 is 0. The van der Waals surface area contributed by atoms with Crippen molar-refractivity contribution in [3.05, 3.63) is 0 Å². The van der Waals surface area contributed by atoms with Gasteiger partial charge in [-0.25, -0.2) is 0 Å². The molecule has 4 nitrogen and oxygen atoms in total. The number of hydrogen-bond donors (Lipinski definition) is 2. The highest BCUT2D eigenvalue weighted by molar-refractivity contribution is 5.80. The molecule has 2 saturated heterocycles. The second-order valence-electron chi connectivity index (χ2n) is 6.83. The summed E-state index contributed by atoms with van der Waals surface area (Å²) in [4.78, 5) is 14.7. The molecule has 4 aliphatic rings. The molecule has 2 saturated carbocycles. The van der Waals surface area contributed by atoms with E-state index < -0.39 is 0 Å². The molecule has 4 rings (SSSR count). The minimum atomic E-state index is -0.246. The Balaban J connectivity index is 1.53. The lowest BCUT2D eigenvalue weighted by molar-refractivity contribution is -0.140. The molecule has 2 heterocycles. The van der Waals surface area contributed by atoms with Crippen LogP contribution in [0.4, 0.5) is 0 Å². The highest BCUT2D eigenvalue weighted by Crippen LogP contribution is 2.55. The smallest absolute Gasteiger partial charge is 0.226 e. The summed E-state index contributed by atoms with van der Waals surface area (Å²) in [7, 11) is 0. The third-order valence-electron chi connectivity index (χ3n) is 6.04. The lowest BCUT2D eigenvalue weighted by Crippen LogP contribution is -2.52. The summed E-state index contributed by atoms with van der Waals surface area (Å²) in [5.74, 6) is 2.67. The molecule has 18 heavy (non-hydrogen) atoms. The number of rotatable bonds is 2. The van der Waals surface area contributed by atoms with E-state index in [1.165, 1.54) is 0 Å². The normalized spacial score (nSPS) is 47.4. The lowest BCUT2D eigenvalue weighted by atomic mass is 9.86. The van der Waals surface area contributed by atoms with Gasteiger partial charge < -0.3 is 15.3 Å². The van der Waals surface area contributed by atoms with E-state index in [9.17, 15) is 9.90 Å². The van der Waals surface area contributed by atoms with Gasteiger partial charge in [-0.3, -0.25) is 4.79 Å². The van der Waals surface area contributed by atoms with Crippen LogP contribution >= 0.6 is 0 Å². The van der Waals surface area contributed by atoms with E-state index in [4.69, 9.17) is 0 Å². The van der Waals surface area contributed by atoms with E-state index in [1.807, 2.05) is 4.90 Å². The van der Waals surface area contributed by atoms with Crippen LogP contribution in [0.15, 0.2) is 0 Å². The minimum absolute atomic E-state index is 0.120. The lowest BCUT2D eigenvalue weighted by Gasteiger charge is -2.36. The Bertz CT molecular complexity index is 380. The Labute approximate surface area is 108 Å². The monoisotopic (exact) mass is 250 g/mol. The molecular formula is C14H22N2O2. The molecule has 0 aromatic rings. The van der Waals surface area contributed by atoms with E-state index in [1.54, 1.807) is 0 Å². The predicted octanol–water partition coefficient (Wildman–Crippen LogP) is 0.0696. The highest BCUT2D eigenvalue weighted by Gasteiger charge is 2.60. The van der Waals surface area contributed by atoms with Crippen molar-refractivity contribution in [2.24, 2.45) is 29.6 Å². The van der Waals surface area contributed by atoms with E-state index in [-0.39, 0.29) is 18.1 Å². The summed E-state index contributed by atoms with van der Waals surface area (Å²) >= 11 is 0. The number of aliphatic hydroxyl groups is 1. The Kier molecular flexibility index (Phi) is 2.31. The number of carbonyl (C=O) groups is 1. The van der Waals surface area contributed by atoms with Gasteiger partial charge in [0.2, 0.25) is 5.91 Å². The van der Waals surface area contributed by atoms with Gasteiger partial charge in [0.05, 0.1) is 12.1 Å². The van der Waals surface area contributed by atoms with Crippen molar-refractivity contribution in [1.82, 2.24) is 10.2 Å². The van der Waals surface area contributed by atoms with Gasteiger partial charge in [0, 0.05) is 12.5 Å². The number of likely N-dealkylation sites (tertiary alicyclic amines) is 1. The number of carbonyl (C=O) groups excluding carboxylic acids is 1. The molecule has 2 N–H and O–H groups in total. The first-order valence-corrected chi connectivity index (χ1v) is 7.36. The van der Waals surface area contributed by atoms with Crippen LogP contribution in [0.25, 0.3) is 0 Å². The SMILES string of the molecule is CC(C(=O)N1CC2CC3CC2C1C3O)C1CNC1. The van der Waals surface area contributed by atoms with Crippen molar-refractivity contribution < 1.29 is 9.90 Å². The molecule has 1 amide bonds. The van der Waals surface area contributed by atoms with Crippen molar-refractivity contribution in [2.75, 3.05) is 19.6 Å². The quantitative estimate of drug-likeness (QED) is 0.729. The first kappa shape index (κ1) is 11.2. The number of nitrogens with one attached hydrogen (secondary N) is 1. The van der Waals surface area contributed by atoms with Gasteiger partial charge in [-0.1, -0.05) is 6.92 Å². The van der Waals surface area contributed by atoms with E-state index in [0.29, 0.717) is 29.6 Å². The second-order valence-corrected chi connectivity index (χ2v) is 6.83. The molecule has 2 bridgehead atoms. The van der Waals surface area contributed by atoms with Crippen molar-refractivity contribution in [1.29, 1.82) is 0 Å². The number of hydrogen-bond acceptors (Lipinski definition) is 3. The van der Waals surface area contributed by atoms with Crippen LogP contribution in [-0.4, -0.2) is 47.7 Å². The fourth-order valence-corrected chi connectivity index (χ4v) is 4.80. The number of fused-ring (bicyclic) bond motifs is 1. The average molecular weight is 250 g/mol. The van der Waals surface area contributed by atoms with Crippen LogP contribution in [0, 0.1) is 29.6 Å². The molecule has 6 atom stereocenters. The van der Waals surface area contributed by atoms with Crippen LogP contribution in [-0.2, 0) is 4.79 Å². The molecule has 4 heteroatoms. The number of nitrogens with zero attached hydrogens (tertiary/aromatic N) is 1. The largest absolute Gasteiger partial charge is 0.391 e. The average Bonchev–Trinajstić information content (AvgIpc) is 2.85. The standard InChI is InChI=1S/C14H22N2O2/c1-7(10-4-15-5-10)14(18)16-6-9-2-8-3-11(9)12(16)13(8)17/h7-13,15,17H,2-6H2,1H3. The van der Waals surface area contributed by atoms with Gasteiger partial charge in [-0.05, 0) is 49.6 Å². The summed E-state index contributed by atoms with van der Waals surface area (Å²) in [6.07, 6.45) is 2.05. The van der Waals surface area contributed by atoms with Crippen LogP contribution in [0.2, 0.25) is 0 Å². The molecule has 2 aliphatic carbocycles. The topological polar surface area (TPSA) is 52.6 Å². The second kappa shape index (κ2) is 3.70. The zero-order chi connectivity index (χ0) is 12.4. The predicted molar refractivity (Wildman–Crippen MR) is 66.7 cm³/mol. The molecule has 100 valence electrons. The minimum Gasteiger partial charge on any atom is -0.391 e. The van der Waals surface area contributed by atoms with Gasteiger partial charge >= 0.3 is 0 Å². The molecular weight excluding hydrogens is 228 g/mol. The summed E-state index contributed by atoms with van der Waals surface area (Å²) in [6, 6.07) is 0.150. The zero-order valence-corrected chi connectivity index (χ0v) is 10.9. The van der Waals surface area contributed by atoms with Crippen molar-refractivity contribution >= 4 is 5.91 Å². The van der Waals surface area contributed by atoms with Crippen LogP contribution < -0.4 is 5.32 Å². The van der Waals surface area contributed by atoms with Crippen LogP contribution in [0.3, 0.4) is 0 Å². The first-order valence-electron chi connectivity index (χ1n) is 7.36. The fourth-order valence-electron chi connectivity index (χ4n) is 4.80. The first-order chi connectivity index (χ1) is 8.66. The molecule has 2 aliphatic heterocycles. The maximum absolute atomic E-state index is 12.6. The van der Waals surface area contributed by atoms with Gasteiger partial charge in [0.15, 0.2) is 0 Å². The number of aliphatic hydroxyl groups excluding tert-OH is 1. The third kappa shape index (κ3) is 1.31. The Morgan fingerprint density at radius 1 is 1.33 bits per heavy atom. The van der Waals surface area contributed by atoms with E-state index in [2.05, 4.69) is 12.2 Å². The molecule has 0 aromatic carbocycles. The molecule has 0 spiro atoms. The number of amides is 1. The maximum Gasteiger partial charge on any atom is 0.226 e. The Hall–Kier alpha value is -0.610. The van der Waals surface area contributed by atoms with Gasteiger partial charge in [-0.15, -0.1) is 0 Å². The fraction of sp³-hybridized carbons (Fsp3) is 0.929. The third-order valence-corrected chi connectivity index (χ3v) is 6.04.